The Bertz CT molecular complexity index is 602. The standard InChI is InChI=1S/C15H14F2N2O2/c16-12-4-3-10(14(17)7-12)6-11(8-18)15(20)19-9-13-2-1-5-21-13/h3-4,6-7,13H,1-2,5,9H2,(H,19,20)/b11-6+/t13-/m0/s1. The van der Waals surface area contributed by atoms with Crippen molar-refractivity contribution in [2.24, 2.45) is 0 Å². The summed E-state index contributed by atoms with van der Waals surface area (Å²) in [4.78, 5) is 11.9. The lowest BCUT2D eigenvalue weighted by Crippen LogP contribution is -2.32. The summed E-state index contributed by atoms with van der Waals surface area (Å²) in [5.74, 6) is -2.14. The van der Waals surface area contributed by atoms with Gasteiger partial charge in [-0.3, -0.25) is 4.79 Å². The number of rotatable bonds is 4. The first-order chi connectivity index (χ1) is 10.1. The number of hydrogen-bond donors (Lipinski definition) is 1. The van der Waals surface area contributed by atoms with Gasteiger partial charge in [-0.25, -0.2) is 8.78 Å². The Morgan fingerprint density at radius 1 is 1.52 bits per heavy atom. The molecule has 6 heteroatoms. The second kappa shape index (κ2) is 6.95. The van der Waals surface area contributed by atoms with E-state index in [0.717, 1.165) is 25.0 Å². The van der Waals surface area contributed by atoms with Gasteiger partial charge in [0.1, 0.15) is 23.3 Å². The third-order valence-electron chi connectivity index (χ3n) is 3.14. The number of carbonyl (C=O) groups excluding carboxylic acids is 1. The van der Waals surface area contributed by atoms with Crippen LogP contribution in [0, 0.1) is 23.0 Å². The van der Waals surface area contributed by atoms with Crippen molar-refractivity contribution in [1.82, 2.24) is 5.32 Å². The molecule has 1 fully saturated rings. The van der Waals surface area contributed by atoms with E-state index in [9.17, 15) is 13.6 Å². The lowest BCUT2D eigenvalue weighted by atomic mass is 10.1. The van der Waals surface area contributed by atoms with Crippen LogP contribution < -0.4 is 5.32 Å². The zero-order chi connectivity index (χ0) is 15.2. The van der Waals surface area contributed by atoms with Crippen LogP contribution in [-0.4, -0.2) is 25.2 Å². The van der Waals surface area contributed by atoms with Crippen LogP contribution in [0.2, 0.25) is 0 Å². The van der Waals surface area contributed by atoms with Gasteiger partial charge in [0.05, 0.1) is 6.10 Å². The minimum atomic E-state index is -0.824. The van der Waals surface area contributed by atoms with Gasteiger partial charge in [0.15, 0.2) is 0 Å². The van der Waals surface area contributed by atoms with Crippen LogP contribution in [0.3, 0.4) is 0 Å². The molecular formula is C15H14F2N2O2. The van der Waals surface area contributed by atoms with E-state index in [2.05, 4.69) is 5.32 Å². The van der Waals surface area contributed by atoms with Crippen LogP contribution >= 0.6 is 0 Å². The SMILES string of the molecule is N#C/C(=C\c1ccc(F)cc1F)C(=O)NC[C@@H]1CCCO1. The molecule has 0 saturated carbocycles. The van der Waals surface area contributed by atoms with Crippen molar-refractivity contribution in [3.63, 3.8) is 0 Å². The highest BCUT2D eigenvalue weighted by Gasteiger charge is 2.17. The van der Waals surface area contributed by atoms with Gasteiger partial charge in [-0.05, 0) is 31.1 Å². The molecule has 1 N–H and O–H groups in total. The number of ether oxygens (including phenoxy) is 1. The molecule has 1 saturated heterocycles. The van der Waals surface area contributed by atoms with Gasteiger partial charge < -0.3 is 10.1 Å². The van der Waals surface area contributed by atoms with E-state index in [0.29, 0.717) is 19.2 Å². The molecule has 0 spiro atoms. The van der Waals surface area contributed by atoms with E-state index in [1.807, 2.05) is 0 Å². The molecule has 1 aliphatic heterocycles. The van der Waals surface area contributed by atoms with Crippen molar-refractivity contribution >= 4 is 12.0 Å². The second-order valence-electron chi connectivity index (χ2n) is 4.68. The maximum atomic E-state index is 13.5. The van der Waals surface area contributed by atoms with Gasteiger partial charge >= 0.3 is 0 Å². The largest absolute Gasteiger partial charge is 0.376 e. The fourth-order valence-corrected chi connectivity index (χ4v) is 2.03. The van der Waals surface area contributed by atoms with E-state index in [-0.39, 0.29) is 17.2 Å². The monoisotopic (exact) mass is 292 g/mol. The Morgan fingerprint density at radius 3 is 2.95 bits per heavy atom. The van der Waals surface area contributed by atoms with Gasteiger partial charge in [-0.1, -0.05) is 0 Å². The van der Waals surface area contributed by atoms with Crippen LogP contribution in [0.1, 0.15) is 18.4 Å². The molecule has 0 aromatic heterocycles. The first kappa shape index (κ1) is 15.1. The molecule has 2 rings (SSSR count). The maximum absolute atomic E-state index is 13.5. The Balaban J connectivity index is 2.05. The molecule has 0 unspecified atom stereocenters. The van der Waals surface area contributed by atoms with Crippen LogP contribution in [-0.2, 0) is 9.53 Å². The van der Waals surface area contributed by atoms with Crippen molar-refractivity contribution in [2.75, 3.05) is 13.2 Å². The highest BCUT2D eigenvalue weighted by Crippen LogP contribution is 2.14. The van der Waals surface area contributed by atoms with Crippen LogP contribution in [0.4, 0.5) is 8.78 Å². The van der Waals surface area contributed by atoms with Gasteiger partial charge in [0.25, 0.3) is 5.91 Å². The minimum absolute atomic E-state index is 0.0137. The molecule has 1 heterocycles. The van der Waals surface area contributed by atoms with Crippen molar-refractivity contribution in [3.8, 4) is 6.07 Å². The molecule has 4 nitrogen and oxygen atoms in total. The zero-order valence-corrected chi connectivity index (χ0v) is 11.2. The molecule has 1 aromatic carbocycles. The molecule has 0 bridgehead atoms. The minimum Gasteiger partial charge on any atom is -0.376 e. The van der Waals surface area contributed by atoms with Crippen LogP contribution in [0.25, 0.3) is 6.08 Å². The van der Waals surface area contributed by atoms with Crippen molar-refractivity contribution in [2.45, 2.75) is 18.9 Å². The van der Waals surface area contributed by atoms with E-state index >= 15 is 0 Å². The smallest absolute Gasteiger partial charge is 0.262 e. The van der Waals surface area contributed by atoms with E-state index < -0.39 is 17.5 Å². The summed E-state index contributed by atoms with van der Waals surface area (Å²) in [5, 5.41) is 11.6. The van der Waals surface area contributed by atoms with E-state index in [1.54, 1.807) is 6.07 Å². The Kier molecular flexibility index (Phi) is 5.01. The van der Waals surface area contributed by atoms with Crippen molar-refractivity contribution in [3.05, 3.63) is 41.0 Å². The maximum Gasteiger partial charge on any atom is 0.262 e. The predicted octanol–water partition coefficient (Wildman–Crippen LogP) is 2.17. The zero-order valence-electron chi connectivity index (χ0n) is 11.2. The molecule has 1 aliphatic rings. The predicted molar refractivity (Wildman–Crippen MR) is 71.9 cm³/mol. The lowest BCUT2D eigenvalue weighted by molar-refractivity contribution is -0.117. The van der Waals surface area contributed by atoms with Gasteiger partial charge in [-0.2, -0.15) is 5.26 Å². The molecule has 0 aliphatic carbocycles. The fourth-order valence-electron chi connectivity index (χ4n) is 2.03. The first-order valence-electron chi connectivity index (χ1n) is 6.57. The summed E-state index contributed by atoms with van der Waals surface area (Å²) in [5.41, 5.74) is -0.251. The number of nitrogens with zero attached hydrogens (tertiary/aromatic N) is 1. The summed E-state index contributed by atoms with van der Waals surface area (Å²) < 4.78 is 31.6. The van der Waals surface area contributed by atoms with Gasteiger partial charge in [0, 0.05) is 24.8 Å². The molecular weight excluding hydrogens is 278 g/mol. The normalized spacial score (nSPS) is 18.3. The number of nitrogens with one attached hydrogen (secondary N) is 1. The Morgan fingerprint density at radius 2 is 2.33 bits per heavy atom. The molecule has 1 atom stereocenters. The number of halogens is 2. The van der Waals surface area contributed by atoms with Crippen molar-refractivity contribution < 1.29 is 18.3 Å². The van der Waals surface area contributed by atoms with E-state index in [1.165, 1.54) is 6.07 Å². The Labute approximate surface area is 121 Å². The number of carbonyl (C=O) groups is 1. The highest BCUT2D eigenvalue weighted by atomic mass is 19.1. The lowest BCUT2D eigenvalue weighted by Gasteiger charge is -2.10. The molecule has 0 radical (unpaired) electrons. The molecule has 1 aromatic rings. The number of nitriles is 1. The summed E-state index contributed by atoms with van der Waals surface area (Å²) >= 11 is 0. The summed E-state index contributed by atoms with van der Waals surface area (Å²) in [6.07, 6.45) is 2.86. The third kappa shape index (κ3) is 4.10. The Hall–Kier alpha value is -2.26. The van der Waals surface area contributed by atoms with Gasteiger partial charge in [-0.15, -0.1) is 0 Å². The molecule has 110 valence electrons. The highest BCUT2D eigenvalue weighted by molar-refractivity contribution is 6.01. The topological polar surface area (TPSA) is 62.1 Å². The summed E-state index contributed by atoms with van der Waals surface area (Å²) in [6, 6.07) is 4.65. The average Bonchev–Trinajstić information content (AvgIpc) is 2.97. The fraction of sp³-hybridized carbons (Fsp3) is 0.333. The number of hydrogen-bond acceptors (Lipinski definition) is 3. The number of amides is 1. The third-order valence-corrected chi connectivity index (χ3v) is 3.14. The molecule has 21 heavy (non-hydrogen) atoms. The second-order valence-corrected chi connectivity index (χ2v) is 4.68. The molecule has 1 amide bonds. The first-order valence-corrected chi connectivity index (χ1v) is 6.57. The average molecular weight is 292 g/mol. The number of benzene rings is 1. The summed E-state index contributed by atoms with van der Waals surface area (Å²) in [6.45, 7) is 0.978. The van der Waals surface area contributed by atoms with Crippen LogP contribution in [0.5, 0.6) is 0 Å². The summed E-state index contributed by atoms with van der Waals surface area (Å²) in [7, 11) is 0. The van der Waals surface area contributed by atoms with Crippen molar-refractivity contribution in [1.29, 1.82) is 5.26 Å². The van der Waals surface area contributed by atoms with Gasteiger partial charge in [0.2, 0.25) is 0 Å². The van der Waals surface area contributed by atoms with Crippen LogP contribution in [0.15, 0.2) is 23.8 Å². The quantitative estimate of drug-likeness (QED) is 0.683. The van der Waals surface area contributed by atoms with E-state index in [4.69, 9.17) is 10.00 Å².